The second-order valence-corrected chi connectivity index (χ2v) is 9.97. The van der Waals surface area contributed by atoms with Crippen molar-refractivity contribution in [2.45, 2.75) is 59.0 Å². The summed E-state index contributed by atoms with van der Waals surface area (Å²) in [4.78, 5) is 40.3. The summed E-state index contributed by atoms with van der Waals surface area (Å²) in [5, 5.41) is 26.8. The van der Waals surface area contributed by atoms with Gasteiger partial charge >= 0.3 is 5.97 Å². The highest BCUT2D eigenvalue weighted by Crippen LogP contribution is 2.27. The van der Waals surface area contributed by atoms with E-state index in [1.807, 2.05) is 31.4 Å². The van der Waals surface area contributed by atoms with Crippen LogP contribution in [-0.4, -0.2) is 36.8 Å². The molecule has 1 aromatic carbocycles. The summed E-state index contributed by atoms with van der Waals surface area (Å²) in [5.41, 5.74) is 1.46. The lowest BCUT2D eigenvalue weighted by Crippen LogP contribution is -2.30. The van der Waals surface area contributed by atoms with Gasteiger partial charge in [-0.2, -0.15) is 0 Å². The largest absolute Gasteiger partial charge is 0.481 e. The van der Waals surface area contributed by atoms with Gasteiger partial charge in [-0.3, -0.25) is 24.1 Å². The van der Waals surface area contributed by atoms with Crippen LogP contribution in [0.3, 0.4) is 0 Å². The highest BCUT2D eigenvalue weighted by Gasteiger charge is 2.25. The molecule has 1 atom stereocenters. The van der Waals surface area contributed by atoms with Crippen molar-refractivity contribution in [1.29, 1.82) is 0 Å². The molecule has 1 amide bonds. The molecule has 1 unspecified atom stereocenters. The number of rotatable bonds is 9. The van der Waals surface area contributed by atoms with Gasteiger partial charge in [0.25, 0.3) is 11.6 Å². The first-order chi connectivity index (χ1) is 16.4. The summed E-state index contributed by atoms with van der Waals surface area (Å²) in [6.45, 7) is 10.3. The van der Waals surface area contributed by atoms with E-state index in [1.54, 1.807) is 18.2 Å². The standard InChI is InChI=1S/C25H31N5O5/c1-15(2)12-20-23(28-25(3,4)5)29-11-7-10-18(22(29)26-20)24(33)27-19(14-21(31)32)16-8-6-9-17(13-16)30(34)35/h6-11,13,15,19,28H,12,14H2,1-5H3,(H,27,33)(H,31,32). The number of carboxylic acid groups (broad SMARTS) is 1. The van der Waals surface area contributed by atoms with Gasteiger partial charge in [0.05, 0.1) is 28.6 Å². The normalized spacial score (nSPS) is 12.5. The number of nitrogens with zero attached hydrogens (tertiary/aromatic N) is 3. The lowest BCUT2D eigenvalue weighted by molar-refractivity contribution is -0.384. The summed E-state index contributed by atoms with van der Waals surface area (Å²) in [5.74, 6) is -0.517. The number of aromatic nitrogens is 2. The van der Waals surface area contributed by atoms with Crippen LogP contribution in [0.5, 0.6) is 0 Å². The molecule has 0 saturated carbocycles. The fourth-order valence-corrected chi connectivity index (χ4v) is 3.83. The van der Waals surface area contributed by atoms with E-state index in [1.165, 1.54) is 18.2 Å². The number of nitrogens with one attached hydrogen (secondary N) is 2. The third kappa shape index (κ3) is 6.34. The molecule has 0 fully saturated rings. The van der Waals surface area contributed by atoms with Gasteiger partial charge in [0.15, 0.2) is 5.65 Å². The molecule has 0 aliphatic heterocycles. The number of non-ortho nitro benzene ring substituents is 1. The number of carboxylic acids is 1. The molecule has 3 rings (SSSR count). The minimum atomic E-state index is -1.14. The van der Waals surface area contributed by atoms with Gasteiger partial charge in [-0.05, 0) is 50.8 Å². The molecular formula is C25H31N5O5. The van der Waals surface area contributed by atoms with Crippen LogP contribution in [0.25, 0.3) is 5.65 Å². The lowest BCUT2D eigenvalue weighted by atomic mass is 10.0. The van der Waals surface area contributed by atoms with E-state index >= 15 is 0 Å². The van der Waals surface area contributed by atoms with Crippen LogP contribution in [0.15, 0.2) is 42.6 Å². The molecule has 2 aromatic heterocycles. The van der Waals surface area contributed by atoms with Gasteiger partial charge in [-0.15, -0.1) is 0 Å². The number of hydrogen-bond donors (Lipinski definition) is 3. The summed E-state index contributed by atoms with van der Waals surface area (Å²) in [7, 11) is 0. The van der Waals surface area contributed by atoms with Gasteiger partial charge in [-0.1, -0.05) is 26.0 Å². The Hall–Kier alpha value is -3.95. The number of hydrogen-bond acceptors (Lipinski definition) is 6. The van der Waals surface area contributed by atoms with Crippen molar-refractivity contribution in [3.8, 4) is 0 Å². The Morgan fingerprint density at radius 1 is 1.20 bits per heavy atom. The second kappa shape index (κ2) is 10.1. The highest BCUT2D eigenvalue weighted by atomic mass is 16.6. The monoisotopic (exact) mass is 481 g/mol. The topological polar surface area (TPSA) is 139 Å². The van der Waals surface area contributed by atoms with Crippen molar-refractivity contribution >= 4 is 29.0 Å². The number of carbonyl (C=O) groups is 2. The zero-order valence-electron chi connectivity index (χ0n) is 20.5. The SMILES string of the molecule is CC(C)Cc1nc2c(C(=O)NC(CC(=O)O)c3cccc([N+](=O)[O-])c3)cccn2c1NC(C)(C)C. The van der Waals surface area contributed by atoms with Crippen molar-refractivity contribution in [3.05, 3.63) is 69.5 Å². The number of aliphatic carboxylic acids is 1. The molecule has 35 heavy (non-hydrogen) atoms. The minimum absolute atomic E-state index is 0.182. The molecule has 2 heterocycles. The first kappa shape index (κ1) is 25.7. The zero-order chi connectivity index (χ0) is 25.9. The Morgan fingerprint density at radius 3 is 2.51 bits per heavy atom. The Balaban J connectivity index is 2.03. The lowest BCUT2D eigenvalue weighted by Gasteiger charge is -2.23. The summed E-state index contributed by atoms with van der Waals surface area (Å²) in [6, 6.07) is 8.01. The van der Waals surface area contributed by atoms with Crippen LogP contribution < -0.4 is 10.6 Å². The second-order valence-electron chi connectivity index (χ2n) is 9.97. The van der Waals surface area contributed by atoms with Crippen LogP contribution in [0, 0.1) is 16.0 Å². The van der Waals surface area contributed by atoms with Crippen molar-refractivity contribution < 1.29 is 19.6 Å². The van der Waals surface area contributed by atoms with Gasteiger partial charge in [-0.25, -0.2) is 4.98 Å². The number of pyridine rings is 1. The molecule has 0 saturated heterocycles. The van der Waals surface area contributed by atoms with Crippen molar-refractivity contribution in [1.82, 2.24) is 14.7 Å². The minimum Gasteiger partial charge on any atom is -0.481 e. The summed E-state index contributed by atoms with van der Waals surface area (Å²) in [6.07, 6.45) is 2.10. The van der Waals surface area contributed by atoms with Crippen LogP contribution >= 0.6 is 0 Å². The molecule has 10 nitrogen and oxygen atoms in total. The maximum absolute atomic E-state index is 13.4. The molecule has 10 heteroatoms. The molecule has 0 aliphatic carbocycles. The van der Waals surface area contributed by atoms with E-state index in [0.29, 0.717) is 23.5 Å². The summed E-state index contributed by atoms with van der Waals surface area (Å²) >= 11 is 0. The fraction of sp³-hybridized carbons (Fsp3) is 0.400. The van der Waals surface area contributed by atoms with Crippen LogP contribution in [0.4, 0.5) is 11.5 Å². The van der Waals surface area contributed by atoms with Crippen molar-refractivity contribution in [2.75, 3.05) is 5.32 Å². The van der Waals surface area contributed by atoms with Crippen LogP contribution in [0.1, 0.15) is 68.7 Å². The first-order valence-corrected chi connectivity index (χ1v) is 11.4. The predicted octanol–water partition coefficient (Wildman–Crippen LogP) is 4.60. The quantitative estimate of drug-likeness (QED) is 0.300. The molecule has 0 spiro atoms. The fourth-order valence-electron chi connectivity index (χ4n) is 3.83. The van der Waals surface area contributed by atoms with E-state index in [-0.39, 0.29) is 16.8 Å². The van der Waals surface area contributed by atoms with Crippen molar-refractivity contribution in [2.24, 2.45) is 5.92 Å². The average Bonchev–Trinajstić information content (AvgIpc) is 3.07. The average molecular weight is 482 g/mol. The molecule has 0 aliphatic rings. The Bertz CT molecular complexity index is 1260. The number of anilines is 1. The third-order valence-electron chi connectivity index (χ3n) is 5.23. The van der Waals surface area contributed by atoms with Gasteiger partial charge in [0.1, 0.15) is 5.82 Å². The number of carbonyl (C=O) groups excluding carboxylic acids is 1. The molecule has 186 valence electrons. The Morgan fingerprint density at radius 2 is 1.91 bits per heavy atom. The van der Waals surface area contributed by atoms with E-state index in [4.69, 9.17) is 4.98 Å². The third-order valence-corrected chi connectivity index (χ3v) is 5.23. The van der Waals surface area contributed by atoms with Crippen molar-refractivity contribution in [3.63, 3.8) is 0 Å². The van der Waals surface area contributed by atoms with Gasteiger partial charge < -0.3 is 15.7 Å². The number of benzene rings is 1. The Labute approximate surface area is 203 Å². The predicted molar refractivity (Wildman–Crippen MR) is 133 cm³/mol. The van der Waals surface area contributed by atoms with E-state index in [2.05, 4.69) is 24.5 Å². The van der Waals surface area contributed by atoms with E-state index in [9.17, 15) is 24.8 Å². The number of fused-ring (bicyclic) bond motifs is 1. The molecule has 3 aromatic rings. The number of nitro benzene ring substituents is 1. The van der Waals surface area contributed by atoms with Crippen LogP contribution in [-0.2, 0) is 11.2 Å². The maximum atomic E-state index is 13.4. The molecular weight excluding hydrogens is 450 g/mol. The number of imidazole rings is 1. The molecule has 0 bridgehead atoms. The molecule has 0 radical (unpaired) electrons. The Kier molecular flexibility index (Phi) is 7.42. The van der Waals surface area contributed by atoms with E-state index in [0.717, 1.165) is 11.5 Å². The highest BCUT2D eigenvalue weighted by molar-refractivity contribution is 6.00. The first-order valence-electron chi connectivity index (χ1n) is 11.4. The van der Waals surface area contributed by atoms with Crippen LogP contribution in [0.2, 0.25) is 0 Å². The summed E-state index contributed by atoms with van der Waals surface area (Å²) < 4.78 is 1.83. The number of amides is 1. The smallest absolute Gasteiger partial charge is 0.305 e. The van der Waals surface area contributed by atoms with E-state index < -0.39 is 29.3 Å². The molecule has 3 N–H and O–H groups in total. The maximum Gasteiger partial charge on any atom is 0.305 e. The number of nitro groups is 1. The van der Waals surface area contributed by atoms with Gasteiger partial charge in [0, 0.05) is 23.9 Å². The zero-order valence-corrected chi connectivity index (χ0v) is 20.5. The van der Waals surface area contributed by atoms with Gasteiger partial charge in [0.2, 0.25) is 0 Å².